The average molecular weight is 248 g/mol. The summed E-state index contributed by atoms with van der Waals surface area (Å²) in [6, 6.07) is 5.95. The smallest absolute Gasteiger partial charge is 0.407 e. The molecule has 3 rings (SSSR count). The summed E-state index contributed by atoms with van der Waals surface area (Å²) in [7, 11) is 1.65. The van der Waals surface area contributed by atoms with Crippen molar-refractivity contribution in [1.82, 2.24) is 4.90 Å². The minimum absolute atomic E-state index is 0.285. The number of para-hydroxylation sites is 1. The number of anilines is 1. The standard InChI is InChI=1S/C13H16N2O3/c1-18-11-4-2-3-9-10-7-15(13(16)17)6-8(10)5-14-12(9)11/h2-4,8,10,14H,5-7H2,1H3,(H,16,17). The van der Waals surface area contributed by atoms with Gasteiger partial charge in [0.15, 0.2) is 0 Å². The highest BCUT2D eigenvalue weighted by atomic mass is 16.5. The lowest BCUT2D eigenvalue weighted by Gasteiger charge is -2.29. The molecule has 0 radical (unpaired) electrons. The van der Waals surface area contributed by atoms with Crippen LogP contribution in [0.4, 0.5) is 10.5 Å². The van der Waals surface area contributed by atoms with E-state index in [9.17, 15) is 4.79 Å². The number of nitrogens with one attached hydrogen (secondary N) is 1. The van der Waals surface area contributed by atoms with Gasteiger partial charge in [-0.25, -0.2) is 4.79 Å². The van der Waals surface area contributed by atoms with Gasteiger partial charge in [0.2, 0.25) is 0 Å². The summed E-state index contributed by atoms with van der Waals surface area (Å²) in [5.74, 6) is 1.48. The second-order valence-corrected chi connectivity index (χ2v) is 4.86. The molecule has 0 aromatic heterocycles. The Kier molecular flexibility index (Phi) is 2.54. The van der Waals surface area contributed by atoms with Gasteiger partial charge in [-0.15, -0.1) is 0 Å². The van der Waals surface area contributed by atoms with E-state index in [0.717, 1.165) is 18.0 Å². The number of rotatable bonds is 1. The van der Waals surface area contributed by atoms with Crippen molar-refractivity contribution < 1.29 is 14.6 Å². The zero-order chi connectivity index (χ0) is 12.7. The van der Waals surface area contributed by atoms with E-state index in [0.29, 0.717) is 19.0 Å². The maximum atomic E-state index is 11.1. The van der Waals surface area contributed by atoms with Crippen LogP contribution in [0.5, 0.6) is 5.75 Å². The van der Waals surface area contributed by atoms with E-state index in [1.165, 1.54) is 10.5 Å². The van der Waals surface area contributed by atoms with Gasteiger partial charge in [-0.05, 0) is 11.6 Å². The maximum Gasteiger partial charge on any atom is 0.407 e. The Bertz CT molecular complexity index is 489. The number of ether oxygens (including phenoxy) is 1. The molecule has 0 saturated carbocycles. The first-order valence-corrected chi connectivity index (χ1v) is 6.09. The van der Waals surface area contributed by atoms with E-state index >= 15 is 0 Å². The van der Waals surface area contributed by atoms with E-state index in [1.54, 1.807) is 7.11 Å². The largest absolute Gasteiger partial charge is 0.495 e. The summed E-state index contributed by atoms with van der Waals surface area (Å²) in [5.41, 5.74) is 2.20. The minimum atomic E-state index is -0.825. The number of nitrogens with zero attached hydrogens (tertiary/aromatic N) is 1. The average Bonchev–Trinajstić information content (AvgIpc) is 2.82. The highest BCUT2D eigenvalue weighted by Gasteiger charge is 2.40. The predicted molar refractivity (Wildman–Crippen MR) is 67.3 cm³/mol. The molecule has 2 atom stereocenters. The monoisotopic (exact) mass is 248 g/mol. The van der Waals surface area contributed by atoms with Crippen molar-refractivity contribution in [2.24, 2.45) is 5.92 Å². The molecule has 5 nitrogen and oxygen atoms in total. The molecule has 2 aliphatic heterocycles. The number of carboxylic acid groups (broad SMARTS) is 1. The van der Waals surface area contributed by atoms with Crippen LogP contribution in [0.15, 0.2) is 18.2 Å². The first-order valence-electron chi connectivity index (χ1n) is 6.09. The third kappa shape index (κ3) is 1.58. The van der Waals surface area contributed by atoms with Gasteiger partial charge in [0.1, 0.15) is 5.75 Å². The van der Waals surface area contributed by atoms with Crippen LogP contribution >= 0.6 is 0 Å². The second-order valence-electron chi connectivity index (χ2n) is 4.86. The Hall–Kier alpha value is -1.91. The fraction of sp³-hybridized carbons (Fsp3) is 0.462. The van der Waals surface area contributed by atoms with Crippen molar-refractivity contribution in [3.63, 3.8) is 0 Å². The molecular formula is C13H16N2O3. The minimum Gasteiger partial charge on any atom is -0.495 e. The van der Waals surface area contributed by atoms with Gasteiger partial charge >= 0.3 is 6.09 Å². The number of hydrogen-bond acceptors (Lipinski definition) is 3. The molecule has 1 aromatic rings. The Morgan fingerprint density at radius 1 is 1.50 bits per heavy atom. The SMILES string of the molecule is COc1cccc2c1NCC1CN(C(=O)O)CC21. The van der Waals surface area contributed by atoms with Gasteiger partial charge in [0.25, 0.3) is 0 Å². The number of fused-ring (bicyclic) bond motifs is 3. The molecule has 2 aliphatic rings. The van der Waals surface area contributed by atoms with Crippen molar-refractivity contribution in [2.45, 2.75) is 5.92 Å². The third-order valence-corrected chi connectivity index (χ3v) is 3.93. The molecule has 1 aromatic carbocycles. The molecule has 0 bridgehead atoms. The zero-order valence-corrected chi connectivity index (χ0v) is 10.2. The van der Waals surface area contributed by atoms with Crippen LogP contribution in [0.1, 0.15) is 11.5 Å². The molecule has 2 heterocycles. The van der Waals surface area contributed by atoms with E-state index in [4.69, 9.17) is 9.84 Å². The number of carbonyl (C=O) groups is 1. The van der Waals surface area contributed by atoms with E-state index in [1.807, 2.05) is 12.1 Å². The van der Waals surface area contributed by atoms with Crippen LogP contribution in [0.2, 0.25) is 0 Å². The molecular weight excluding hydrogens is 232 g/mol. The highest BCUT2D eigenvalue weighted by molar-refractivity contribution is 5.68. The number of benzene rings is 1. The Morgan fingerprint density at radius 3 is 3.06 bits per heavy atom. The molecule has 5 heteroatoms. The molecule has 1 amide bonds. The van der Waals surface area contributed by atoms with Gasteiger partial charge in [0.05, 0.1) is 12.8 Å². The normalized spacial score (nSPS) is 25.1. The molecule has 0 spiro atoms. The fourth-order valence-corrected chi connectivity index (χ4v) is 3.04. The van der Waals surface area contributed by atoms with E-state index < -0.39 is 6.09 Å². The lowest BCUT2D eigenvalue weighted by atomic mass is 9.84. The Balaban J connectivity index is 1.96. The van der Waals surface area contributed by atoms with Crippen LogP contribution < -0.4 is 10.1 Å². The zero-order valence-electron chi connectivity index (χ0n) is 10.2. The van der Waals surface area contributed by atoms with Gasteiger partial charge < -0.3 is 20.1 Å². The highest BCUT2D eigenvalue weighted by Crippen LogP contribution is 2.43. The lowest BCUT2D eigenvalue weighted by Crippen LogP contribution is -2.28. The van der Waals surface area contributed by atoms with Crippen molar-refractivity contribution in [3.8, 4) is 5.75 Å². The van der Waals surface area contributed by atoms with E-state index in [-0.39, 0.29) is 5.92 Å². The van der Waals surface area contributed by atoms with Crippen LogP contribution in [-0.4, -0.2) is 42.8 Å². The predicted octanol–water partition coefficient (Wildman–Crippen LogP) is 1.81. The van der Waals surface area contributed by atoms with Gasteiger partial charge in [-0.3, -0.25) is 0 Å². The van der Waals surface area contributed by atoms with Crippen molar-refractivity contribution >= 4 is 11.8 Å². The number of hydrogen-bond donors (Lipinski definition) is 2. The van der Waals surface area contributed by atoms with Crippen LogP contribution in [0, 0.1) is 5.92 Å². The molecule has 0 aliphatic carbocycles. The number of likely N-dealkylation sites (tertiary alicyclic amines) is 1. The molecule has 2 unspecified atom stereocenters. The van der Waals surface area contributed by atoms with Crippen molar-refractivity contribution in [3.05, 3.63) is 23.8 Å². The first kappa shape index (κ1) is 11.2. The fourth-order valence-electron chi connectivity index (χ4n) is 3.04. The summed E-state index contributed by atoms with van der Waals surface area (Å²) < 4.78 is 5.34. The Labute approximate surface area is 105 Å². The second kappa shape index (κ2) is 4.08. The van der Waals surface area contributed by atoms with Crippen LogP contribution in [-0.2, 0) is 0 Å². The van der Waals surface area contributed by atoms with Crippen LogP contribution in [0.25, 0.3) is 0 Å². The molecule has 18 heavy (non-hydrogen) atoms. The van der Waals surface area contributed by atoms with Crippen molar-refractivity contribution in [1.29, 1.82) is 0 Å². The molecule has 96 valence electrons. The third-order valence-electron chi connectivity index (χ3n) is 3.93. The summed E-state index contributed by atoms with van der Waals surface area (Å²) in [6.45, 7) is 2.01. The van der Waals surface area contributed by atoms with Crippen LogP contribution in [0.3, 0.4) is 0 Å². The quantitative estimate of drug-likeness (QED) is 0.795. The molecule has 1 saturated heterocycles. The maximum absolute atomic E-state index is 11.1. The van der Waals surface area contributed by atoms with Gasteiger partial charge in [-0.2, -0.15) is 0 Å². The number of amides is 1. The molecule has 2 N–H and O–H groups in total. The summed E-state index contributed by atoms with van der Waals surface area (Å²) in [4.78, 5) is 12.6. The lowest BCUT2D eigenvalue weighted by molar-refractivity contribution is 0.154. The van der Waals surface area contributed by atoms with E-state index in [2.05, 4.69) is 11.4 Å². The van der Waals surface area contributed by atoms with Gasteiger partial charge in [0, 0.05) is 31.5 Å². The first-order chi connectivity index (χ1) is 8.70. The summed E-state index contributed by atoms with van der Waals surface area (Å²) in [6.07, 6.45) is -0.825. The number of methoxy groups -OCH3 is 1. The summed E-state index contributed by atoms with van der Waals surface area (Å²) in [5, 5.41) is 12.5. The topological polar surface area (TPSA) is 61.8 Å². The van der Waals surface area contributed by atoms with Crippen molar-refractivity contribution in [2.75, 3.05) is 32.1 Å². The summed E-state index contributed by atoms with van der Waals surface area (Å²) >= 11 is 0. The molecule has 1 fully saturated rings. The Morgan fingerprint density at radius 2 is 2.33 bits per heavy atom. The van der Waals surface area contributed by atoms with Gasteiger partial charge in [-0.1, -0.05) is 12.1 Å².